The SMILES string of the molecule is Cc1cccc(CN2CCC[C@H](CO)C2)c1. The van der Waals surface area contributed by atoms with Crippen molar-refractivity contribution in [2.45, 2.75) is 26.3 Å². The first-order valence-electron chi connectivity index (χ1n) is 6.16. The maximum absolute atomic E-state index is 9.19. The lowest BCUT2D eigenvalue weighted by atomic mass is 9.98. The average molecular weight is 219 g/mol. The van der Waals surface area contributed by atoms with Crippen molar-refractivity contribution in [3.05, 3.63) is 35.4 Å². The third-order valence-electron chi connectivity index (χ3n) is 3.35. The van der Waals surface area contributed by atoms with Crippen LogP contribution in [-0.4, -0.2) is 29.7 Å². The van der Waals surface area contributed by atoms with Crippen LogP contribution in [0.4, 0.5) is 0 Å². The van der Waals surface area contributed by atoms with Crippen molar-refractivity contribution in [3.63, 3.8) is 0 Å². The normalized spacial score (nSPS) is 22.2. The van der Waals surface area contributed by atoms with E-state index in [0.29, 0.717) is 12.5 Å². The molecule has 1 saturated heterocycles. The van der Waals surface area contributed by atoms with Gasteiger partial charge in [-0.05, 0) is 37.8 Å². The zero-order chi connectivity index (χ0) is 11.4. The van der Waals surface area contributed by atoms with Gasteiger partial charge in [-0.1, -0.05) is 29.8 Å². The fourth-order valence-corrected chi connectivity index (χ4v) is 2.51. The first-order chi connectivity index (χ1) is 7.78. The molecule has 1 aromatic carbocycles. The molecule has 0 aromatic heterocycles. The molecule has 0 unspecified atom stereocenters. The molecule has 1 aromatic rings. The smallest absolute Gasteiger partial charge is 0.0471 e. The molecule has 0 amide bonds. The molecule has 1 heterocycles. The van der Waals surface area contributed by atoms with Gasteiger partial charge in [0.05, 0.1) is 0 Å². The second kappa shape index (κ2) is 5.46. The van der Waals surface area contributed by atoms with Crippen molar-refractivity contribution in [2.75, 3.05) is 19.7 Å². The summed E-state index contributed by atoms with van der Waals surface area (Å²) in [4.78, 5) is 2.46. The molecule has 0 bridgehead atoms. The van der Waals surface area contributed by atoms with E-state index in [0.717, 1.165) is 13.1 Å². The Morgan fingerprint density at radius 2 is 2.31 bits per heavy atom. The van der Waals surface area contributed by atoms with Crippen LogP contribution in [0.15, 0.2) is 24.3 Å². The van der Waals surface area contributed by atoms with E-state index in [1.165, 1.54) is 30.5 Å². The van der Waals surface area contributed by atoms with E-state index in [1.54, 1.807) is 0 Å². The minimum Gasteiger partial charge on any atom is -0.396 e. The number of piperidine rings is 1. The number of rotatable bonds is 3. The van der Waals surface area contributed by atoms with Crippen LogP contribution in [-0.2, 0) is 6.54 Å². The zero-order valence-electron chi connectivity index (χ0n) is 10.0. The summed E-state index contributed by atoms with van der Waals surface area (Å²) in [6.45, 7) is 5.72. The Morgan fingerprint density at radius 1 is 1.44 bits per heavy atom. The third-order valence-corrected chi connectivity index (χ3v) is 3.35. The Morgan fingerprint density at radius 3 is 3.06 bits per heavy atom. The van der Waals surface area contributed by atoms with E-state index in [-0.39, 0.29) is 0 Å². The van der Waals surface area contributed by atoms with Gasteiger partial charge >= 0.3 is 0 Å². The molecule has 2 rings (SSSR count). The van der Waals surface area contributed by atoms with Crippen molar-refractivity contribution < 1.29 is 5.11 Å². The van der Waals surface area contributed by atoms with Crippen LogP contribution in [0.3, 0.4) is 0 Å². The minimum atomic E-state index is 0.338. The van der Waals surface area contributed by atoms with E-state index in [4.69, 9.17) is 0 Å². The van der Waals surface area contributed by atoms with Crippen molar-refractivity contribution in [1.29, 1.82) is 0 Å². The van der Waals surface area contributed by atoms with Gasteiger partial charge in [-0.3, -0.25) is 4.90 Å². The quantitative estimate of drug-likeness (QED) is 0.842. The highest BCUT2D eigenvalue weighted by molar-refractivity contribution is 5.22. The van der Waals surface area contributed by atoms with E-state index in [1.807, 2.05) is 0 Å². The average Bonchev–Trinajstić information content (AvgIpc) is 2.29. The first kappa shape index (κ1) is 11.6. The second-order valence-electron chi connectivity index (χ2n) is 4.91. The second-order valence-corrected chi connectivity index (χ2v) is 4.91. The van der Waals surface area contributed by atoms with E-state index in [2.05, 4.69) is 36.1 Å². The van der Waals surface area contributed by atoms with E-state index >= 15 is 0 Å². The number of hydrogen-bond donors (Lipinski definition) is 1. The summed E-state index contributed by atoms with van der Waals surface area (Å²) >= 11 is 0. The van der Waals surface area contributed by atoms with Crippen molar-refractivity contribution in [2.24, 2.45) is 5.92 Å². The van der Waals surface area contributed by atoms with Crippen LogP contribution >= 0.6 is 0 Å². The lowest BCUT2D eigenvalue weighted by Gasteiger charge is -2.31. The monoisotopic (exact) mass is 219 g/mol. The Labute approximate surface area is 97.9 Å². The standard InChI is InChI=1S/C14H21NO/c1-12-4-2-5-13(8-12)9-15-7-3-6-14(10-15)11-16/h2,4-5,8,14,16H,3,6-7,9-11H2,1H3/t14-/m0/s1. The number of hydrogen-bond acceptors (Lipinski definition) is 2. The molecule has 1 aliphatic rings. The van der Waals surface area contributed by atoms with Gasteiger partial charge in [0, 0.05) is 19.7 Å². The zero-order valence-corrected chi connectivity index (χ0v) is 10.0. The van der Waals surface area contributed by atoms with Crippen LogP contribution in [0.2, 0.25) is 0 Å². The van der Waals surface area contributed by atoms with Crippen LogP contribution in [0.5, 0.6) is 0 Å². The van der Waals surface area contributed by atoms with E-state index in [9.17, 15) is 5.11 Å². The lowest BCUT2D eigenvalue weighted by Crippen LogP contribution is -2.36. The van der Waals surface area contributed by atoms with Gasteiger partial charge in [-0.15, -0.1) is 0 Å². The first-order valence-corrected chi connectivity index (χ1v) is 6.16. The highest BCUT2D eigenvalue weighted by Crippen LogP contribution is 2.18. The molecule has 0 spiro atoms. The van der Waals surface area contributed by atoms with Gasteiger partial charge < -0.3 is 5.11 Å². The molecule has 2 heteroatoms. The summed E-state index contributed by atoms with van der Waals surface area (Å²) in [5.41, 5.74) is 2.71. The molecule has 2 nitrogen and oxygen atoms in total. The Kier molecular flexibility index (Phi) is 3.97. The topological polar surface area (TPSA) is 23.5 Å². The van der Waals surface area contributed by atoms with Crippen LogP contribution in [0, 0.1) is 12.8 Å². The summed E-state index contributed by atoms with van der Waals surface area (Å²) in [5.74, 6) is 0.485. The van der Waals surface area contributed by atoms with Gasteiger partial charge in [0.25, 0.3) is 0 Å². The predicted molar refractivity (Wildman–Crippen MR) is 66.3 cm³/mol. The Bertz CT molecular complexity index is 337. The number of aliphatic hydroxyl groups excluding tert-OH is 1. The molecule has 88 valence electrons. The molecule has 0 aliphatic carbocycles. The van der Waals surface area contributed by atoms with Gasteiger partial charge in [0.1, 0.15) is 0 Å². The van der Waals surface area contributed by atoms with Crippen molar-refractivity contribution in [1.82, 2.24) is 4.90 Å². The fraction of sp³-hybridized carbons (Fsp3) is 0.571. The molecular formula is C14H21NO. The highest BCUT2D eigenvalue weighted by atomic mass is 16.3. The summed E-state index contributed by atoms with van der Waals surface area (Å²) in [5, 5.41) is 9.19. The maximum atomic E-state index is 9.19. The Balaban J connectivity index is 1.94. The van der Waals surface area contributed by atoms with Crippen LogP contribution < -0.4 is 0 Å². The fourth-order valence-electron chi connectivity index (χ4n) is 2.51. The van der Waals surface area contributed by atoms with Crippen LogP contribution in [0.1, 0.15) is 24.0 Å². The number of likely N-dealkylation sites (tertiary alicyclic amines) is 1. The summed E-state index contributed by atoms with van der Waals surface area (Å²) in [6.07, 6.45) is 2.40. The summed E-state index contributed by atoms with van der Waals surface area (Å²) in [7, 11) is 0. The van der Waals surface area contributed by atoms with Crippen LogP contribution in [0.25, 0.3) is 0 Å². The largest absolute Gasteiger partial charge is 0.396 e. The van der Waals surface area contributed by atoms with Gasteiger partial charge in [0.2, 0.25) is 0 Å². The summed E-state index contributed by atoms with van der Waals surface area (Å²) < 4.78 is 0. The van der Waals surface area contributed by atoms with Crippen molar-refractivity contribution in [3.8, 4) is 0 Å². The number of benzene rings is 1. The molecular weight excluding hydrogens is 198 g/mol. The third kappa shape index (κ3) is 3.06. The van der Waals surface area contributed by atoms with Gasteiger partial charge in [-0.2, -0.15) is 0 Å². The predicted octanol–water partition coefficient (Wildman–Crippen LogP) is 2.20. The van der Waals surface area contributed by atoms with Gasteiger partial charge in [-0.25, -0.2) is 0 Å². The molecule has 1 aliphatic heterocycles. The Hall–Kier alpha value is -0.860. The molecule has 1 atom stereocenters. The number of aryl methyl sites for hydroxylation is 1. The lowest BCUT2D eigenvalue weighted by molar-refractivity contribution is 0.116. The number of nitrogens with zero attached hydrogens (tertiary/aromatic N) is 1. The molecule has 0 radical (unpaired) electrons. The molecule has 1 fully saturated rings. The number of aliphatic hydroxyl groups is 1. The van der Waals surface area contributed by atoms with Crippen molar-refractivity contribution >= 4 is 0 Å². The summed E-state index contributed by atoms with van der Waals surface area (Å²) in [6, 6.07) is 8.70. The van der Waals surface area contributed by atoms with E-state index < -0.39 is 0 Å². The molecule has 16 heavy (non-hydrogen) atoms. The minimum absolute atomic E-state index is 0.338. The highest BCUT2D eigenvalue weighted by Gasteiger charge is 2.18. The van der Waals surface area contributed by atoms with Gasteiger partial charge in [0.15, 0.2) is 0 Å². The molecule has 1 N–H and O–H groups in total. The maximum Gasteiger partial charge on any atom is 0.0471 e. The molecule has 0 saturated carbocycles.